The number of nitrogens with zero attached hydrogens (tertiary/aromatic N) is 2. The van der Waals surface area contributed by atoms with Crippen molar-refractivity contribution in [2.75, 3.05) is 20.8 Å². The summed E-state index contributed by atoms with van der Waals surface area (Å²) in [5.74, 6) is 1.58. The van der Waals surface area contributed by atoms with Gasteiger partial charge in [-0.25, -0.2) is 0 Å². The maximum absolute atomic E-state index is 5.45. The van der Waals surface area contributed by atoms with Crippen LogP contribution >= 0.6 is 0 Å². The zero-order valence-corrected chi connectivity index (χ0v) is 12.0. The fourth-order valence-electron chi connectivity index (χ4n) is 2.08. The highest BCUT2D eigenvalue weighted by molar-refractivity contribution is 5.44. The van der Waals surface area contributed by atoms with E-state index in [1.54, 1.807) is 20.4 Å². The highest BCUT2D eigenvalue weighted by Gasteiger charge is 2.20. The fraction of sp³-hybridized carbons (Fsp3) is 0.429. The van der Waals surface area contributed by atoms with Crippen LogP contribution in [0.2, 0.25) is 0 Å². The van der Waals surface area contributed by atoms with Crippen LogP contribution in [-0.4, -0.2) is 36.2 Å². The Labute approximate surface area is 118 Å². The molecule has 1 aromatic heterocycles. The van der Waals surface area contributed by atoms with Gasteiger partial charge >= 0.3 is 0 Å². The molecule has 0 saturated carbocycles. The van der Waals surface area contributed by atoms with Crippen molar-refractivity contribution in [3.63, 3.8) is 0 Å². The maximum atomic E-state index is 5.45. The summed E-state index contributed by atoms with van der Waals surface area (Å²) >= 11 is 0. The van der Waals surface area contributed by atoms with E-state index in [4.69, 9.17) is 9.47 Å². The summed E-state index contributed by atoms with van der Waals surface area (Å²) in [6.07, 6.45) is 2.74. The first-order chi connectivity index (χ1) is 9.80. The van der Waals surface area contributed by atoms with Crippen LogP contribution in [0.1, 0.15) is 30.6 Å². The van der Waals surface area contributed by atoms with Crippen molar-refractivity contribution in [3.05, 3.63) is 35.7 Å². The molecule has 2 aromatic rings. The molecule has 20 heavy (non-hydrogen) atoms. The van der Waals surface area contributed by atoms with Gasteiger partial charge in [-0.3, -0.25) is 0 Å². The van der Waals surface area contributed by atoms with Crippen molar-refractivity contribution < 1.29 is 9.47 Å². The first kappa shape index (κ1) is 14.3. The molecule has 108 valence electrons. The summed E-state index contributed by atoms with van der Waals surface area (Å²) < 4.78 is 10.7. The molecule has 6 heteroatoms. The summed E-state index contributed by atoms with van der Waals surface area (Å²) in [5, 5.41) is 14.2. The molecule has 2 rings (SSSR count). The zero-order chi connectivity index (χ0) is 14.4. The van der Waals surface area contributed by atoms with E-state index >= 15 is 0 Å². The van der Waals surface area contributed by atoms with E-state index in [-0.39, 0.29) is 6.04 Å². The van der Waals surface area contributed by atoms with Crippen LogP contribution in [0.5, 0.6) is 11.5 Å². The lowest BCUT2D eigenvalue weighted by Gasteiger charge is -2.20. The lowest BCUT2D eigenvalue weighted by atomic mass is 10.0. The molecule has 1 unspecified atom stereocenters. The van der Waals surface area contributed by atoms with E-state index in [0.29, 0.717) is 0 Å². The number of hydrogen-bond donors (Lipinski definition) is 2. The number of aromatic amines is 1. The molecule has 0 amide bonds. The van der Waals surface area contributed by atoms with Crippen LogP contribution in [0.4, 0.5) is 0 Å². The Morgan fingerprint density at radius 3 is 2.75 bits per heavy atom. The van der Waals surface area contributed by atoms with Crippen LogP contribution in [0.3, 0.4) is 0 Å². The van der Waals surface area contributed by atoms with Crippen LogP contribution in [0.25, 0.3) is 0 Å². The minimum atomic E-state index is -0.0845. The second-order valence-electron chi connectivity index (χ2n) is 4.39. The highest BCUT2D eigenvalue weighted by atomic mass is 16.5. The first-order valence-electron chi connectivity index (χ1n) is 6.61. The van der Waals surface area contributed by atoms with Crippen LogP contribution < -0.4 is 14.8 Å². The van der Waals surface area contributed by atoms with E-state index in [1.807, 2.05) is 18.2 Å². The molecule has 0 saturated heterocycles. The van der Waals surface area contributed by atoms with E-state index in [0.717, 1.165) is 35.7 Å². The minimum absolute atomic E-state index is 0.0845. The molecule has 0 bridgehead atoms. The predicted molar refractivity (Wildman–Crippen MR) is 76.1 cm³/mol. The molecule has 1 heterocycles. The molecule has 0 aliphatic carbocycles. The van der Waals surface area contributed by atoms with Crippen molar-refractivity contribution >= 4 is 0 Å². The molecule has 0 radical (unpaired) electrons. The normalized spacial score (nSPS) is 12.2. The summed E-state index contributed by atoms with van der Waals surface area (Å²) in [5.41, 5.74) is 1.80. The number of benzene rings is 1. The SMILES string of the molecule is CCCNC(c1cn[nH]n1)c1cc(OC)ccc1OC. The number of aromatic nitrogens is 3. The van der Waals surface area contributed by atoms with Crippen molar-refractivity contribution in [3.8, 4) is 11.5 Å². The summed E-state index contributed by atoms with van der Waals surface area (Å²) in [6, 6.07) is 5.65. The largest absolute Gasteiger partial charge is 0.497 e. The van der Waals surface area contributed by atoms with Crippen LogP contribution in [-0.2, 0) is 0 Å². The number of H-pyrrole nitrogens is 1. The molecular formula is C14H20N4O2. The average molecular weight is 276 g/mol. The quantitative estimate of drug-likeness (QED) is 0.808. The zero-order valence-electron chi connectivity index (χ0n) is 12.0. The Kier molecular flexibility index (Phi) is 4.95. The van der Waals surface area contributed by atoms with Crippen molar-refractivity contribution in [2.45, 2.75) is 19.4 Å². The molecule has 0 spiro atoms. The lowest BCUT2D eigenvalue weighted by molar-refractivity contribution is 0.393. The number of hydrogen-bond acceptors (Lipinski definition) is 5. The first-order valence-corrected chi connectivity index (χ1v) is 6.61. The smallest absolute Gasteiger partial charge is 0.124 e. The maximum Gasteiger partial charge on any atom is 0.124 e. The third kappa shape index (κ3) is 3.08. The van der Waals surface area contributed by atoms with Gasteiger partial charge in [0, 0.05) is 5.56 Å². The Bertz CT molecular complexity index is 528. The molecule has 1 aromatic carbocycles. The molecule has 6 nitrogen and oxygen atoms in total. The molecule has 0 fully saturated rings. The highest BCUT2D eigenvalue weighted by Crippen LogP contribution is 2.32. The van der Waals surface area contributed by atoms with Crippen molar-refractivity contribution in [2.24, 2.45) is 0 Å². The third-order valence-electron chi connectivity index (χ3n) is 3.08. The van der Waals surface area contributed by atoms with E-state index in [2.05, 4.69) is 27.7 Å². The van der Waals surface area contributed by atoms with Gasteiger partial charge in [0.05, 0.1) is 26.5 Å². The second-order valence-corrected chi connectivity index (χ2v) is 4.39. The second kappa shape index (κ2) is 6.91. The van der Waals surface area contributed by atoms with E-state index in [1.165, 1.54) is 0 Å². The van der Waals surface area contributed by atoms with Gasteiger partial charge in [-0.15, -0.1) is 0 Å². The van der Waals surface area contributed by atoms with E-state index < -0.39 is 0 Å². The van der Waals surface area contributed by atoms with Gasteiger partial charge in [-0.2, -0.15) is 15.4 Å². The monoisotopic (exact) mass is 276 g/mol. The molecule has 0 aliphatic rings. The average Bonchev–Trinajstić information content (AvgIpc) is 3.01. The third-order valence-corrected chi connectivity index (χ3v) is 3.08. The Morgan fingerprint density at radius 1 is 1.30 bits per heavy atom. The van der Waals surface area contributed by atoms with Crippen LogP contribution in [0, 0.1) is 0 Å². The Balaban J connectivity index is 2.41. The van der Waals surface area contributed by atoms with Gasteiger partial charge in [0.1, 0.15) is 17.2 Å². The number of methoxy groups -OCH3 is 2. The summed E-state index contributed by atoms with van der Waals surface area (Å²) in [7, 11) is 3.31. The summed E-state index contributed by atoms with van der Waals surface area (Å²) in [6.45, 7) is 2.99. The van der Waals surface area contributed by atoms with Gasteiger partial charge in [0.25, 0.3) is 0 Å². The molecule has 2 N–H and O–H groups in total. The topological polar surface area (TPSA) is 72.1 Å². The Hall–Kier alpha value is -2.08. The standard InChI is InChI=1S/C14H20N4O2/c1-4-7-15-14(12-9-16-18-17-12)11-8-10(19-2)5-6-13(11)20-3/h5-6,8-9,14-15H,4,7H2,1-3H3,(H,16,17,18). The van der Waals surface area contributed by atoms with E-state index in [9.17, 15) is 0 Å². The fourth-order valence-corrected chi connectivity index (χ4v) is 2.08. The number of rotatable bonds is 7. The van der Waals surface area contributed by atoms with Gasteiger partial charge in [-0.1, -0.05) is 6.92 Å². The van der Waals surface area contributed by atoms with Crippen molar-refractivity contribution in [1.29, 1.82) is 0 Å². The van der Waals surface area contributed by atoms with Gasteiger partial charge < -0.3 is 14.8 Å². The predicted octanol–water partition coefficient (Wildman–Crippen LogP) is 1.91. The van der Waals surface area contributed by atoms with Crippen molar-refractivity contribution in [1.82, 2.24) is 20.7 Å². The summed E-state index contributed by atoms with van der Waals surface area (Å²) in [4.78, 5) is 0. The number of nitrogens with one attached hydrogen (secondary N) is 2. The minimum Gasteiger partial charge on any atom is -0.497 e. The molecule has 1 atom stereocenters. The number of ether oxygens (including phenoxy) is 2. The van der Waals surface area contributed by atoms with Gasteiger partial charge in [-0.05, 0) is 31.2 Å². The van der Waals surface area contributed by atoms with Crippen LogP contribution in [0.15, 0.2) is 24.4 Å². The van der Waals surface area contributed by atoms with Gasteiger partial charge in [0.2, 0.25) is 0 Å². The molecule has 0 aliphatic heterocycles. The lowest BCUT2D eigenvalue weighted by Crippen LogP contribution is -2.24. The molecular weight excluding hydrogens is 256 g/mol. The Morgan fingerprint density at radius 2 is 2.15 bits per heavy atom. The van der Waals surface area contributed by atoms with Gasteiger partial charge in [0.15, 0.2) is 0 Å².